The van der Waals surface area contributed by atoms with Crippen molar-refractivity contribution < 1.29 is 14.3 Å². The molecule has 1 rings (SSSR count). The SMILES string of the molecule is CC(C)C[C@H](NC(=O)CN)C(=O)C1(C)CO1. The lowest BCUT2D eigenvalue weighted by Crippen LogP contribution is -2.48. The maximum absolute atomic E-state index is 12.0. The molecule has 1 aliphatic heterocycles. The van der Waals surface area contributed by atoms with Crippen LogP contribution in [0.3, 0.4) is 0 Å². The predicted octanol–water partition coefficient (Wildman–Crippen LogP) is -0.166. The van der Waals surface area contributed by atoms with Gasteiger partial charge in [0.05, 0.1) is 19.2 Å². The van der Waals surface area contributed by atoms with Crippen molar-refractivity contribution in [3.05, 3.63) is 0 Å². The normalized spacial score (nSPS) is 25.3. The maximum atomic E-state index is 12.0. The van der Waals surface area contributed by atoms with Gasteiger partial charge in [-0.1, -0.05) is 13.8 Å². The van der Waals surface area contributed by atoms with Gasteiger partial charge in [0.25, 0.3) is 0 Å². The van der Waals surface area contributed by atoms with Gasteiger partial charge in [-0.2, -0.15) is 0 Å². The van der Waals surface area contributed by atoms with Crippen LogP contribution in [0.4, 0.5) is 0 Å². The summed E-state index contributed by atoms with van der Waals surface area (Å²) in [6.07, 6.45) is 0.615. The molecule has 1 fully saturated rings. The first kappa shape index (κ1) is 13.1. The van der Waals surface area contributed by atoms with Gasteiger partial charge in [0.2, 0.25) is 5.91 Å². The molecule has 92 valence electrons. The number of epoxide rings is 1. The van der Waals surface area contributed by atoms with E-state index >= 15 is 0 Å². The first-order valence-electron chi connectivity index (χ1n) is 5.56. The van der Waals surface area contributed by atoms with Crippen molar-refractivity contribution in [3.63, 3.8) is 0 Å². The summed E-state index contributed by atoms with van der Waals surface area (Å²) in [5.74, 6) is -0.0272. The van der Waals surface area contributed by atoms with E-state index in [2.05, 4.69) is 5.32 Å². The molecule has 0 aromatic heterocycles. The summed E-state index contributed by atoms with van der Waals surface area (Å²) >= 11 is 0. The van der Waals surface area contributed by atoms with Crippen LogP contribution >= 0.6 is 0 Å². The second kappa shape index (κ2) is 4.93. The molecule has 0 saturated carbocycles. The molecule has 3 N–H and O–H groups in total. The van der Waals surface area contributed by atoms with E-state index in [0.717, 1.165) is 0 Å². The number of ether oxygens (including phenoxy) is 1. The van der Waals surface area contributed by atoms with Crippen LogP contribution in [-0.4, -0.2) is 36.5 Å². The van der Waals surface area contributed by atoms with Crippen molar-refractivity contribution in [3.8, 4) is 0 Å². The van der Waals surface area contributed by atoms with E-state index in [0.29, 0.717) is 18.9 Å². The highest BCUT2D eigenvalue weighted by Crippen LogP contribution is 2.29. The molecule has 1 unspecified atom stereocenters. The van der Waals surface area contributed by atoms with Crippen molar-refractivity contribution in [1.29, 1.82) is 0 Å². The number of hydrogen-bond acceptors (Lipinski definition) is 4. The molecule has 5 heteroatoms. The van der Waals surface area contributed by atoms with E-state index in [1.807, 2.05) is 13.8 Å². The minimum absolute atomic E-state index is 0.0528. The minimum atomic E-state index is -0.693. The zero-order valence-electron chi connectivity index (χ0n) is 10.1. The van der Waals surface area contributed by atoms with E-state index < -0.39 is 11.6 Å². The van der Waals surface area contributed by atoms with Gasteiger partial charge in [-0.05, 0) is 19.3 Å². The monoisotopic (exact) mass is 228 g/mol. The third-order valence-electron chi connectivity index (χ3n) is 2.64. The molecule has 1 aliphatic rings. The van der Waals surface area contributed by atoms with Gasteiger partial charge in [0, 0.05) is 0 Å². The number of carbonyl (C=O) groups is 2. The minimum Gasteiger partial charge on any atom is -0.361 e. The number of carbonyl (C=O) groups excluding carboxylic acids is 2. The molecule has 0 spiro atoms. The van der Waals surface area contributed by atoms with Gasteiger partial charge in [-0.3, -0.25) is 9.59 Å². The second-order valence-electron chi connectivity index (χ2n) is 4.84. The van der Waals surface area contributed by atoms with Gasteiger partial charge in [0.1, 0.15) is 5.60 Å². The molecule has 1 saturated heterocycles. The summed E-state index contributed by atoms with van der Waals surface area (Å²) in [4.78, 5) is 23.3. The predicted molar refractivity (Wildman–Crippen MR) is 59.8 cm³/mol. The first-order chi connectivity index (χ1) is 7.39. The Bertz CT molecular complexity index is 285. The highest BCUT2D eigenvalue weighted by atomic mass is 16.6. The maximum Gasteiger partial charge on any atom is 0.234 e. The average Bonchev–Trinajstić information content (AvgIpc) is 2.94. The average molecular weight is 228 g/mol. The molecule has 5 nitrogen and oxygen atoms in total. The fourth-order valence-corrected chi connectivity index (χ4v) is 1.58. The highest BCUT2D eigenvalue weighted by Gasteiger charge is 2.49. The molecule has 0 radical (unpaired) electrons. The van der Waals surface area contributed by atoms with Gasteiger partial charge < -0.3 is 15.8 Å². The number of Topliss-reactive ketones (excluding diaryl/α,β-unsaturated/α-hetero) is 1. The standard InChI is InChI=1S/C11H20N2O3/c1-7(2)4-8(13-9(14)5-12)10(15)11(3)6-16-11/h7-8H,4-6,12H2,1-3H3,(H,13,14)/t8-,11?/m0/s1. The quantitative estimate of drug-likeness (QED) is 0.618. The van der Waals surface area contributed by atoms with Crippen LogP contribution in [0.25, 0.3) is 0 Å². The largest absolute Gasteiger partial charge is 0.361 e. The summed E-state index contributed by atoms with van der Waals surface area (Å²) in [5, 5.41) is 2.65. The number of nitrogens with two attached hydrogens (primary N) is 1. The smallest absolute Gasteiger partial charge is 0.234 e. The van der Waals surface area contributed by atoms with Crippen molar-refractivity contribution in [1.82, 2.24) is 5.32 Å². The Hall–Kier alpha value is -0.940. The molecule has 2 atom stereocenters. The Morgan fingerprint density at radius 3 is 2.44 bits per heavy atom. The van der Waals surface area contributed by atoms with Crippen LogP contribution < -0.4 is 11.1 Å². The molecule has 1 heterocycles. The molecule has 16 heavy (non-hydrogen) atoms. The third-order valence-corrected chi connectivity index (χ3v) is 2.64. The highest BCUT2D eigenvalue weighted by molar-refractivity contribution is 5.96. The Balaban J connectivity index is 2.63. The summed E-state index contributed by atoms with van der Waals surface area (Å²) < 4.78 is 5.10. The van der Waals surface area contributed by atoms with Gasteiger partial charge in [-0.25, -0.2) is 0 Å². The summed E-state index contributed by atoms with van der Waals surface area (Å²) in [7, 11) is 0. The van der Waals surface area contributed by atoms with Crippen LogP contribution in [0.2, 0.25) is 0 Å². The zero-order valence-corrected chi connectivity index (χ0v) is 10.1. The van der Waals surface area contributed by atoms with E-state index in [1.54, 1.807) is 6.92 Å². The van der Waals surface area contributed by atoms with Crippen LogP contribution in [0.1, 0.15) is 27.2 Å². The van der Waals surface area contributed by atoms with Gasteiger partial charge in [-0.15, -0.1) is 0 Å². The number of nitrogens with one attached hydrogen (secondary N) is 1. The van der Waals surface area contributed by atoms with Crippen LogP contribution in [0.15, 0.2) is 0 Å². The molecular formula is C11H20N2O3. The van der Waals surface area contributed by atoms with Crippen molar-refractivity contribution in [2.75, 3.05) is 13.2 Å². The lowest BCUT2D eigenvalue weighted by Gasteiger charge is -2.20. The molecule has 1 amide bonds. The van der Waals surface area contributed by atoms with Gasteiger partial charge >= 0.3 is 0 Å². The number of amides is 1. The number of ketones is 1. The zero-order chi connectivity index (χ0) is 12.3. The third kappa shape index (κ3) is 3.28. The number of hydrogen-bond donors (Lipinski definition) is 2. The first-order valence-corrected chi connectivity index (χ1v) is 5.56. The Morgan fingerprint density at radius 1 is 1.50 bits per heavy atom. The van der Waals surface area contributed by atoms with Crippen LogP contribution in [0, 0.1) is 5.92 Å². The number of rotatable bonds is 6. The van der Waals surface area contributed by atoms with Crippen molar-refractivity contribution in [2.24, 2.45) is 11.7 Å². The molecule has 0 aliphatic carbocycles. The van der Waals surface area contributed by atoms with E-state index in [9.17, 15) is 9.59 Å². The Kier molecular flexibility index (Phi) is 4.04. The second-order valence-corrected chi connectivity index (χ2v) is 4.84. The lowest BCUT2D eigenvalue weighted by atomic mass is 9.93. The fraction of sp³-hybridized carbons (Fsp3) is 0.818. The molecule has 0 bridgehead atoms. The topological polar surface area (TPSA) is 84.7 Å². The van der Waals surface area contributed by atoms with Gasteiger partial charge in [0.15, 0.2) is 5.78 Å². The van der Waals surface area contributed by atoms with E-state index in [-0.39, 0.29) is 18.2 Å². The van der Waals surface area contributed by atoms with E-state index in [1.165, 1.54) is 0 Å². The Labute approximate surface area is 95.7 Å². The molecular weight excluding hydrogens is 208 g/mol. The fourth-order valence-electron chi connectivity index (χ4n) is 1.58. The summed E-state index contributed by atoms with van der Waals surface area (Å²) in [5.41, 5.74) is 4.53. The lowest BCUT2D eigenvalue weighted by molar-refractivity contribution is -0.130. The molecule has 0 aromatic rings. The van der Waals surface area contributed by atoms with Crippen LogP contribution in [-0.2, 0) is 14.3 Å². The van der Waals surface area contributed by atoms with Crippen molar-refractivity contribution >= 4 is 11.7 Å². The Morgan fingerprint density at radius 2 is 2.06 bits per heavy atom. The van der Waals surface area contributed by atoms with Crippen molar-refractivity contribution in [2.45, 2.75) is 38.8 Å². The summed E-state index contributed by atoms with van der Waals surface area (Å²) in [6.45, 7) is 6.10. The molecule has 0 aromatic carbocycles. The van der Waals surface area contributed by atoms with Crippen LogP contribution in [0.5, 0.6) is 0 Å². The van der Waals surface area contributed by atoms with E-state index in [4.69, 9.17) is 10.5 Å². The summed E-state index contributed by atoms with van der Waals surface area (Å²) in [6, 6.07) is -0.483.